The number of nitrogens with zero attached hydrogens (tertiary/aromatic N) is 5. The topological polar surface area (TPSA) is 180 Å². The lowest BCUT2D eigenvalue weighted by molar-refractivity contribution is -0.149. The number of carbonyl (C=O) groups excluding carboxylic acids is 4. The van der Waals surface area contributed by atoms with Crippen molar-refractivity contribution in [2.75, 3.05) is 73.8 Å². The number of hydrogen-bond acceptors (Lipinski definition) is 10. The Labute approximate surface area is 374 Å². The second-order valence-corrected chi connectivity index (χ2v) is 19.5. The summed E-state index contributed by atoms with van der Waals surface area (Å²) >= 11 is 0. The summed E-state index contributed by atoms with van der Waals surface area (Å²) in [5, 5.41) is 6.19. The van der Waals surface area contributed by atoms with Gasteiger partial charge >= 0.3 is 10.2 Å². The van der Waals surface area contributed by atoms with Crippen LogP contribution in [-0.4, -0.2) is 120 Å². The first-order valence-electron chi connectivity index (χ1n) is 22.2. The summed E-state index contributed by atoms with van der Waals surface area (Å²) in [5.41, 5.74) is 2.86. The lowest BCUT2D eigenvalue weighted by Crippen LogP contribution is -2.69. The van der Waals surface area contributed by atoms with Gasteiger partial charge in [0.25, 0.3) is 5.91 Å². The Morgan fingerprint density at radius 3 is 2.23 bits per heavy atom. The third-order valence-corrected chi connectivity index (χ3v) is 15.4. The fourth-order valence-corrected chi connectivity index (χ4v) is 11.3. The highest BCUT2D eigenvalue weighted by molar-refractivity contribution is 7.90. The molecule has 3 amide bonds. The number of carbonyl (C=O) groups is 4. The number of ketones is 1. The maximum absolute atomic E-state index is 15.8. The molecule has 0 atom stereocenters. The second kappa shape index (κ2) is 17.0. The van der Waals surface area contributed by atoms with Gasteiger partial charge in [-0.2, -0.15) is 12.7 Å². The summed E-state index contributed by atoms with van der Waals surface area (Å²) in [7, 11) is -4.09. The van der Waals surface area contributed by atoms with E-state index in [1.807, 2.05) is 41.3 Å². The summed E-state index contributed by atoms with van der Waals surface area (Å²) in [5.74, 6) is -3.35. The first kappa shape index (κ1) is 42.7. The molecule has 5 aromatic rings. The summed E-state index contributed by atoms with van der Waals surface area (Å²) in [6.45, 7) is 5.21. The minimum absolute atomic E-state index is 0.0128. The molecular weight excluding hydrogens is 857 g/mol. The van der Waals surface area contributed by atoms with E-state index >= 15 is 8.78 Å². The van der Waals surface area contributed by atoms with E-state index in [0.29, 0.717) is 80.9 Å². The Bertz CT molecular complexity index is 2790. The first-order chi connectivity index (χ1) is 31.3. The van der Waals surface area contributed by atoms with Gasteiger partial charge in [-0.25, -0.2) is 13.8 Å². The monoisotopic (exact) mass is 905 g/mol. The minimum atomic E-state index is -4.09. The average molecular weight is 906 g/mol. The molecular formula is C47H49F2N9O6S. The Morgan fingerprint density at radius 1 is 0.831 bits per heavy atom. The second-order valence-electron chi connectivity index (χ2n) is 17.9. The standard InChI is InChI=1S/C47H49F2N9O6S/c48-38-11-12-39(54-65(63,64)58-15-1-2-16-58)42(49)41(38)43(60)37-27-51-44-36(37)23-32(26-50-44)30-5-9-35(10-6-30)56-19-21-57(22-20-56)40(59)28-55-17-13-31(14-18-55)29-3-7-34(8-4-29)53-47-24-33(25-47)45(61)52-46(47)62/h3-12,23,26-27,31,33,53-54H,1-2,13-22,24-25,28H2,(H,50,51)(H,52,61,62). The van der Waals surface area contributed by atoms with E-state index in [1.54, 1.807) is 12.3 Å². The lowest BCUT2D eigenvalue weighted by Gasteiger charge is -2.50. The lowest BCUT2D eigenvalue weighted by atomic mass is 9.64. The van der Waals surface area contributed by atoms with Gasteiger partial charge in [-0.05, 0) is 111 Å². The van der Waals surface area contributed by atoms with E-state index in [4.69, 9.17) is 0 Å². The summed E-state index contributed by atoms with van der Waals surface area (Å²) in [6, 6.07) is 19.7. The van der Waals surface area contributed by atoms with Gasteiger partial charge in [-0.1, -0.05) is 24.3 Å². The smallest absolute Gasteiger partial charge is 0.301 e. The molecule has 11 rings (SSSR count). The van der Waals surface area contributed by atoms with Crippen molar-refractivity contribution in [1.82, 2.24) is 29.4 Å². The van der Waals surface area contributed by atoms with Crippen LogP contribution in [0.1, 0.15) is 65.9 Å². The number of amides is 3. The van der Waals surface area contributed by atoms with Crippen molar-refractivity contribution < 1.29 is 36.4 Å². The number of H-pyrrole nitrogens is 1. The predicted octanol–water partition coefficient (Wildman–Crippen LogP) is 5.24. The van der Waals surface area contributed by atoms with Crippen LogP contribution in [0.25, 0.3) is 22.2 Å². The fourth-order valence-electron chi connectivity index (χ4n) is 10.0. The number of aromatic amines is 1. The van der Waals surface area contributed by atoms with E-state index in [1.165, 1.54) is 16.1 Å². The maximum Gasteiger partial charge on any atom is 0.301 e. The van der Waals surface area contributed by atoms with Crippen molar-refractivity contribution in [2.45, 2.75) is 50.0 Å². The van der Waals surface area contributed by atoms with Crippen LogP contribution >= 0.6 is 0 Å². The zero-order chi connectivity index (χ0) is 45.0. The van der Waals surface area contributed by atoms with Gasteiger partial charge in [0.15, 0.2) is 5.82 Å². The summed E-state index contributed by atoms with van der Waals surface area (Å²) in [6.07, 6.45) is 7.33. The fraction of sp³-hybridized carbons (Fsp3) is 0.383. The molecule has 0 unspecified atom stereocenters. The molecule has 0 spiro atoms. The first-order valence-corrected chi connectivity index (χ1v) is 23.6. The Balaban J connectivity index is 0.717. The quantitative estimate of drug-likeness (QED) is 0.0957. The van der Waals surface area contributed by atoms with E-state index in [2.05, 4.69) is 47.3 Å². The number of piperazine rings is 1. The van der Waals surface area contributed by atoms with Crippen LogP contribution in [0.15, 0.2) is 79.1 Å². The minimum Gasteiger partial charge on any atom is -0.371 e. The Morgan fingerprint density at radius 2 is 1.54 bits per heavy atom. The number of nitrogens with one attached hydrogen (secondary N) is 4. The number of pyridine rings is 1. The van der Waals surface area contributed by atoms with Gasteiger partial charge in [0.05, 0.1) is 17.8 Å². The van der Waals surface area contributed by atoms with E-state index < -0.39 is 44.4 Å². The number of halogens is 2. The van der Waals surface area contributed by atoms with Crippen LogP contribution in [0.3, 0.4) is 0 Å². The number of aromatic nitrogens is 2. The molecule has 2 aromatic heterocycles. The number of rotatable bonds is 12. The molecule has 6 aliphatic rings. The predicted molar refractivity (Wildman–Crippen MR) is 241 cm³/mol. The highest BCUT2D eigenvalue weighted by Crippen LogP contribution is 2.44. The molecule has 5 aliphatic heterocycles. The summed E-state index contributed by atoms with van der Waals surface area (Å²) in [4.78, 5) is 65.3. The molecule has 65 heavy (non-hydrogen) atoms. The third-order valence-electron chi connectivity index (χ3n) is 13.9. The van der Waals surface area contributed by atoms with Crippen molar-refractivity contribution in [3.63, 3.8) is 0 Å². The van der Waals surface area contributed by atoms with Crippen molar-refractivity contribution in [3.8, 4) is 11.1 Å². The van der Waals surface area contributed by atoms with Crippen LogP contribution in [0.2, 0.25) is 0 Å². The number of fused-ring (bicyclic) bond motifs is 3. The molecule has 7 heterocycles. The van der Waals surface area contributed by atoms with Crippen LogP contribution in [0.4, 0.5) is 25.8 Å². The normalized spacial score (nSPS) is 21.9. The Hall–Kier alpha value is -6.24. The number of imide groups is 1. The van der Waals surface area contributed by atoms with Crippen LogP contribution in [0, 0.1) is 17.6 Å². The van der Waals surface area contributed by atoms with Crippen molar-refractivity contribution >= 4 is 61.8 Å². The van der Waals surface area contributed by atoms with Crippen molar-refractivity contribution in [2.24, 2.45) is 5.92 Å². The zero-order valence-electron chi connectivity index (χ0n) is 35.6. The van der Waals surface area contributed by atoms with E-state index in [9.17, 15) is 27.6 Å². The maximum atomic E-state index is 15.8. The largest absolute Gasteiger partial charge is 0.371 e. The molecule has 15 nitrogen and oxygen atoms in total. The molecule has 4 N–H and O–H groups in total. The molecule has 1 aliphatic carbocycles. The summed E-state index contributed by atoms with van der Waals surface area (Å²) < 4.78 is 59.9. The van der Waals surface area contributed by atoms with Crippen molar-refractivity contribution in [3.05, 3.63) is 107 Å². The number of hydrogen-bond donors (Lipinski definition) is 4. The van der Waals surface area contributed by atoms with Crippen molar-refractivity contribution in [1.29, 1.82) is 0 Å². The molecule has 2 bridgehead atoms. The molecule has 18 heteroatoms. The van der Waals surface area contributed by atoms with Crippen LogP contribution in [-0.2, 0) is 24.6 Å². The van der Waals surface area contributed by atoms with Gasteiger partial charge in [0, 0.05) is 85.5 Å². The molecule has 6 fully saturated rings. The molecule has 5 saturated heterocycles. The van der Waals surface area contributed by atoms with E-state index in [0.717, 1.165) is 55.0 Å². The Kier molecular flexibility index (Phi) is 11.1. The SMILES string of the molecule is O=C(c1c(F)ccc(NS(=O)(=O)N2CCCC2)c1F)c1c[nH]c2ncc(-c3ccc(N4CCN(C(=O)CN5CCC(c6ccc(NC78CC(C7)C(=O)NC8=O)cc6)CC5)CC4)cc3)cc12. The number of likely N-dealkylation sites (tertiary alicyclic amines) is 1. The highest BCUT2D eigenvalue weighted by Gasteiger charge is 2.57. The molecule has 0 radical (unpaired) electrons. The molecule has 1 saturated carbocycles. The third kappa shape index (κ3) is 8.23. The molecule has 338 valence electrons. The van der Waals surface area contributed by atoms with E-state index in [-0.39, 0.29) is 42.3 Å². The zero-order valence-corrected chi connectivity index (χ0v) is 36.4. The van der Waals surface area contributed by atoms with Crippen LogP contribution < -0.4 is 20.3 Å². The number of anilines is 3. The van der Waals surface area contributed by atoms with Gasteiger partial charge < -0.3 is 20.1 Å². The molecule has 3 aromatic carbocycles. The van der Waals surface area contributed by atoms with Crippen LogP contribution in [0.5, 0.6) is 0 Å². The van der Waals surface area contributed by atoms with Gasteiger partial charge in [-0.3, -0.25) is 34.1 Å². The number of piperidine rings is 3. The number of benzene rings is 3. The van der Waals surface area contributed by atoms with Gasteiger partial charge in [0.2, 0.25) is 17.6 Å². The van der Waals surface area contributed by atoms with Gasteiger partial charge in [-0.15, -0.1) is 0 Å². The average Bonchev–Trinajstić information content (AvgIpc) is 4.01. The highest BCUT2D eigenvalue weighted by atomic mass is 32.2. The van der Waals surface area contributed by atoms with Gasteiger partial charge in [0.1, 0.15) is 17.0 Å².